The summed E-state index contributed by atoms with van der Waals surface area (Å²) in [5.74, 6) is -0.746. The third kappa shape index (κ3) is 5.59. The number of alkyl halides is 3. The van der Waals surface area contributed by atoms with Gasteiger partial charge in [0.1, 0.15) is 0 Å². The SMILES string of the molecule is COC(=O)[C@H](C)CC(Cl)(Cl)Cl. The van der Waals surface area contributed by atoms with Gasteiger partial charge in [-0.2, -0.15) is 0 Å². The molecule has 5 heteroatoms. The van der Waals surface area contributed by atoms with Gasteiger partial charge in [0, 0.05) is 6.42 Å². The maximum atomic E-state index is 10.8. The Balaban J connectivity index is 3.87. The van der Waals surface area contributed by atoms with Crippen LogP contribution in [-0.2, 0) is 9.53 Å². The highest BCUT2D eigenvalue weighted by Crippen LogP contribution is 2.33. The summed E-state index contributed by atoms with van der Waals surface area (Å²) >= 11 is 16.4. The van der Waals surface area contributed by atoms with Crippen LogP contribution >= 0.6 is 34.8 Å². The predicted molar refractivity (Wildman–Crippen MR) is 46.1 cm³/mol. The lowest BCUT2D eigenvalue weighted by atomic mass is 10.1. The van der Waals surface area contributed by atoms with Crippen molar-refractivity contribution in [3.63, 3.8) is 0 Å². The number of hydrogen-bond acceptors (Lipinski definition) is 2. The zero-order valence-corrected chi connectivity index (χ0v) is 8.50. The van der Waals surface area contributed by atoms with Gasteiger partial charge in [0.15, 0.2) is 3.79 Å². The molecule has 0 aromatic heterocycles. The van der Waals surface area contributed by atoms with Crippen LogP contribution in [0.1, 0.15) is 13.3 Å². The number of ether oxygens (including phenoxy) is 1. The Labute approximate surface area is 80.7 Å². The minimum absolute atomic E-state index is 0.171. The minimum atomic E-state index is -1.38. The van der Waals surface area contributed by atoms with Crippen LogP contribution in [0.3, 0.4) is 0 Å². The fourth-order valence-corrected chi connectivity index (χ4v) is 1.33. The Morgan fingerprint density at radius 3 is 2.27 bits per heavy atom. The Bertz CT molecular complexity index is 141. The van der Waals surface area contributed by atoms with Crippen molar-refractivity contribution in [1.29, 1.82) is 0 Å². The van der Waals surface area contributed by atoms with Gasteiger partial charge in [-0.3, -0.25) is 4.79 Å². The maximum absolute atomic E-state index is 10.8. The third-order valence-electron chi connectivity index (χ3n) is 1.14. The molecular formula is C6H9Cl3O2. The van der Waals surface area contributed by atoms with Crippen LogP contribution in [0.25, 0.3) is 0 Å². The van der Waals surface area contributed by atoms with Crippen molar-refractivity contribution in [2.75, 3.05) is 7.11 Å². The third-order valence-corrected chi connectivity index (χ3v) is 1.60. The average molecular weight is 219 g/mol. The number of methoxy groups -OCH3 is 1. The zero-order chi connectivity index (χ0) is 9.07. The number of carbonyl (C=O) groups excluding carboxylic acids is 1. The number of esters is 1. The topological polar surface area (TPSA) is 26.3 Å². The first kappa shape index (κ1) is 11.3. The number of rotatable bonds is 2. The molecule has 0 radical (unpaired) electrons. The molecule has 0 unspecified atom stereocenters. The summed E-state index contributed by atoms with van der Waals surface area (Å²) in [6.07, 6.45) is 0.171. The van der Waals surface area contributed by atoms with Crippen LogP contribution in [0.2, 0.25) is 0 Å². The second-order valence-corrected chi connectivity index (χ2v) is 4.76. The van der Waals surface area contributed by atoms with Crippen molar-refractivity contribution in [2.24, 2.45) is 5.92 Å². The Kier molecular flexibility index (Phi) is 4.52. The highest BCUT2D eigenvalue weighted by atomic mass is 35.6. The van der Waals surface area contributed by atoms with E-state index in [9.17, 15) is 4.79 Å². The standard InChI is InChI=1S/C6H9Cl3O2/c1-4(5(10)11-2)3-6(7,8)9/h4H,3H2,1-2H3/t4-/m1/s1. The van der Waals surface area contributed by atoms with Crippen LogP contribution in [-0.4, -0.2) is 16.9 Å². The summed E-state index contributed by atoms with van der Waals surface area (Å²) in [5, 5.41) is 0. The van der Waals surface area contributed by atoms with Crippen LogP contribution in [0.15, 0.2) is 0 Å². The molecule has 0 amide bonds. The van der Waals surface area contributed by atoms with Crippen LogP contribution in [0.5, 0.6) is 0 Å². The molecule has 11 heavy (non-hydrogen) atoms. The van der Waals surface area contributed by atoms with Gasteiger partial charge < -0.3 is 4.74 Å². The number of carbonyl (C=O) groups is 1. The normalized spacial score (nSPS) is 14.3. The van der Waals surface area contributed by atoms with Gasteiger partial charge in [-0.1, -0.05) is 41.7 Å². The fourth-order valence-electron chi connectivity index (χ4n) is 0.632. The molecule has 0 fully saturated rings. The van der Waals surface area contributed by atoms with E-state index in [1.54, 1.807) is 6.92 Å². The highest BCUT2D eigenvalue weighted by molar-refractivity contribution is 6.67. The van der Waals surface area contributed by atoms with E-state index in [1.807, 2.05) is 0 Å². The van der Waals surface area contributed by atoms with Crippen LogP contribution in [0.4, 0.5) is 0 Å². The molecule has 0 aromatic rings. The van der Waals surface area contributed by atoms with E-state index < -0.39 is 3.79 Å². The number of hydrogen-bond donors (Lipinski definition) is 0. The summed E-state index contributed by atoms with van der Waals surface area (Å²) in [5.41, 5.74) is 0. The molecule has 0 saturated carbocycles. The largest absolute Gasteiger partial charge is 0.469 e. The van der Waals surface area contributed by atoms with Crippen LogP contribution < -0.4 is 0 Å². The average Bonchev–Trinajstić information content (AvgIpc) is 1.82. The monoisotopic (exact) mass is 218 g/mol. The smallest absolute Gasteiger partial charge is 0.308 e. The van der Waals surface area contributed by atoms with Crippen molar-refractivity contribution in [1.82, 2.24) is 0 Å². The molecule has 0 aliphatic carbocycles. The van der Waals surface area contributed by atoms with Gasteiger partial charge in [0.05, 0.1) is 13.0 Å². The van der Waals surface area contributed by atoms with Gasteiger partial charge in [-0.25, -0.2) is 0 Å². The lowest BCUT2D eigenvalue weighted by molar-refractivity contribution is -0.144. The number of halogens is 3. The van der Waals surface area contributed by atoms with E-state index in [1.165, 1.54) is 7.11 Å². The summed E-state index contributed by atoms with van der Waals surface area (Å²) in [6.45, 7) is 1.65. The molecule has 1 atom stereocenters. The molecule has 0 aliphatic heterocycles. The van der Waals surface area contributed by atoms with Crippen molar-refractivity contribution in [3.05, 3.63) is 0 Å². The zero-order valence-electron chi connectivity index (χ0n) is 6.23. The van der Waals surface area contributed by atoms with Crippen molar-refractivity contribution < 1.29 is 9.53 Å². The van der Waals surface area contributed by atoms with Gasteiger partial charge in [-0.05, 0) is 0 Å². The Hall–Kier alpha value is 0.340. The fraction of sp³-hybridized carbons (Fsp3) is 0.833. The molecule has 0 aliphatic rings. The van der Waals surface area contributed by atoms with E-state index in [0.717, 1.165) is 0 Å². The quantitative estimate of drug-likeness (QED) is 0.527. The van der Waals surface area contributed by atoms with Crippen molar-refractivity contribution in [3.8, 4) is 0 Å². The molecule has 0 bridgehead atoms. The summed E-state index contributed by atoms with van der Waals surface area (Å²) in [7, 11) is 1.30. The van der Waals surface area contributed by atoms with Gasteiger partial charge >= 0.3 is 5.97 Å². The Morgan fingerprint density at radius 2 is 2.00 bits per heavy atom. The van der Waals surface area contributed by atoms with E-state index in [4.69, 9.17) is 34.8 Å². The summed E-state index contributed by atoms with van der Waals surface area (Å²) in [4.78, 5) is 10.8. The molecule has 66 valence electrons. The second-order valence-electron chi connectivity index (χ2n) is 2.24. The first-order valence-electron chi connectivity index (χ1n) is 3.01. The molecule has 0 aromatic carbocycles. The predicted octanol–water partition coefficient (Wildman–Crippen LogP) is 2.56. The van der Waals surface area contributed by atoms with Gasteiger partial charge in [0.2, 0.25) is 0 Å². The minimum Gasteiger partial charge on any atom is -0.469 e. The lowest BCUT2D eigenvalue weighted by Gasteiger charge is -2.14. The van der Waals surface area contributed by atoms with E-state index in [-0.39, 0.29) is 18.3 Å². The molecule has 0 N–H and O–H groups in total. The maximum Gasteiger partial charge on any atom is 0.308 e. The van der Waals surface area contributed by atoms with Crippen molar-refractivity contribution in [2.45, 2.75) is 17.1 Å². The van der Waals surface area contributed by atoms with Crippen LogP contribution in [0, 0.1) is 5.92 Å². The van der Waals surface area contributed by atoms with Gasteiger partial charge in [-0.15, -0.1) is 0 Å². The van der Waals surface area contributed by atoms with Crippen molar-refractivity contribution >= 4 is 40.8 Å². The van der Waals surface area contributed by atoms with E-state index in [0.29, 0.717) is 0 Å². The molecule has 2 nitrogen and oxygen atoms in total. The Morgan fingerprint density at radius 1 is 1.55 bits per heavy atom. The van der Waals surface area contributed by atoms with E-state index >= 15 is 0 Å². The first-order chi connectivity index (χ1) is 4.87. The molecule has 0 rings (SSSR count). The highest BCUT2D eigenvalue weighted by Gasteiger charge is 2.27. The molecule has 0 saturated heterocycles. The molecular weight excluding hydrogens is 210 g/mol. The summed E-state index contributed by atoms with van der Waals surface area (Å²) < 4.78 is 3.06. The first-order valence-corrected chi connectivity index (χ1v) is 4.15. The molecule has 0 spiro atoms. The van der Waals surface area contributed by atoms with Gasteiger partial charge in [0.25, 0.3) is 0 Å². The molecule has 0 heterocycles. The van der Waals surface area contributed by atoms with E-state index in [2.05, 4.69) is 4.74 Å². The summed E-state index contributed by atoms with van der Waals surface area (Å²) in [6, 6.07) is 0. The second kappa shape index (κ2) is 4.39. The lowest BCUT2D eigenvalue weighted by Crippen LogP contribution is -2.18.